The van der Waals surface area contributed by atoms with Crippen molar-refractivity contribution in [3.63, 3.8) is 0 Å². The van der Waals surface area contributed by atoms with E-state index in [2.05, 4.69) is 5.32 Å². The molecule has 1 N–H and O–H groups in total. The number of rotatable bonds is 4. The second-order valence-corrected chi connectivity index (χ2v) is 4.69. The van der Waals surface area contributed by atoms with Crippen LogP contribution in [0.5, 0.6) is 0 Å². The summed E-state index contributed by atoms with van der Waals surface area (Å²) < 4.78 is 40.4. The molecule has 1 aliphatic rings. The van der Waals surface area contributed by atoms with Gasteiger partial charge in [0, 0.05) is 32.6 Å². The molecule has 18 heavy (non-hydrogen) atoms. The minimum Gasteiger partial charge on any atom is -0.314 e. The third-order valence-electron chi connectivity index (χ3n) is 3.04. The first-order valence-electron chi connectivity index (χ1n) is 6.10. The van der Waals surface area contributed by atoms with Crippen LogP contribution in [0.2, 0.25) is 0 Å². The molecular formula is C13H17F3N2. The van der Waals surface area contributed by atoms with Gasteiger partial charge in [-0.25, -0.2) is 13.2 Å². The van der Waals surface area contributed by atoms with Crippen LogP contribution in [0.15, 0.2) is 24.3 Å². The molecule has 0 aromatic heterocycles. The Bertz CT molecular complexity index is 372. The topological polar surface area (TPSA) is 15.3 Å². The Kier molecular flexibility index (Phi) is 4.24. The summed E-state index contributed by atoms with van der Waals surface area (Å²) in [7, 11) is 0. The predicted octanol–water partition coefficient (Wildman–Crippen LogP) is 1.91. The Morgan fingerprint density at radius 2 is 1.72 bits per heavy atom. The summed E-state index contributed by atoms with van der Waals surface area (Å²) >= 11 is 0. The summed E-state index contributed by atoms with van der Waals surface area (Å²) in [6, 6.07) is 5.27. The number of halogens is 3. The SMILES string of the molecule is Fc1ccc(CC(F)(F)CN2CCNCC2)cc1. The molecule has 1 fully saturated rings. The fourth-order valence-corrected chi connectivity index (χ4v) is 2.15. The van der Waals surface area contributed by atoms with Gasteiger partial charge in [0.05, 0.1) is 6.54 Å². The summed E-state index contributed by atoms with van der Waals surface area (Å²) in [5.74, 6) is -3.17. The highest BCUT2D eigenvalue weighted by molar-refractivity contribution is 5.17. The molecule has 1 aromatic carbocycles. The maximum Gasteiger partial charge on any atom is 0.264 e. The van der Waals surface area contributed by atoms with E-state index in [1.165, 1.54) is 24.3 Å². The summed E-state index contributed by atoms with van der Waals surface area (Å²) in [5, 5.41) is 3.13. The molecule has 0 amide bonds. The highest BCUT2D eigenvalue weighted by Crippen LogP contribution is 2.22. The number of hydrogen-bond acceptors (Lipinski definition) is 2. The fraction of sp³-hybridized carbons (Fsp3) is 0.538. The van der Waals surface area contributed by atoms with E-state index >= 15 is 0 Å². The lowest BCUT2D eigenvalue weighted by Gasteiger charge is -2.30. The van der Waals surface area contributed by atoms with Crippen molar-refractivity contribution in [2.45, 2.75) is 12.3 Å². The van der Waals surface area contributed by atoms with Crippen molar-refractivity contribution in [3.8, 4) is 0 Å². The van der Waals surface area contributed by atoms with Gasteiger partial charge in [-0.05, 0) is 17.7 Å². The maximum absolute atomic E-state index is 13.8. The van der Waals surface area contributed by atoms with Crippen LogP contribution in [0.25, 0.3) is 0 Å². The number of nitrogens with one attached hydrogen (secondary N) is 1. The Hall–Kier alpha value is -1.07. The highest BCUT2D eigenvalue weighted by Gasteiger charge is 2.32. The van der Waals surface area contributed by atoms with E-state index in [1.54, 1.807) is 4.90 Å². The van der Waals surface area contributed by atoms with Gasteiger partial charge in [-0.2, -0.15) is 0 Å². The van der Waals surface area contributed by atoms with Gasteiger partial charge in [0.1, 0.15) is 5.82 Å². The second kappa shape index (κ2) is 5.71. The molecular weight excluding hydrogens is 241 g/mol. The van der Waals surface area contributed by atoms with Crippen molar-refractivity contribution >= 4 is 0 Å². The van der Waals surface area contributed by atoms with E-state index in [-0.39, 0.29) is 13.0 Å². The standard InChI is InChI=1S/C13H17F3N2/c14-12-3-1-11(2-4-12)9-13(15,16)10-18-7-5-17-6-8-18/h1-4,17H,5-10H2. The van der Waals surface area contributed by atoms with Gasteiger partial charge in [0.2, 0.25) is 0 Å². The molecule has 5 heteroatoms. The summed E-state index contributed by atoms with van der Waals surface area (Å²) in [4.78, 5) is 1.76. The van der Waals surface area contributed by atoms with Gasteiger partial charge in [0.25, 0.3) is 5.92 Å². The van der Waals surface area contributed by atoms with Crippen molar-refractivity contribution in [3.05, 3.63) is 35.6 Å². The van der Waals surface area contributed by atoms with Crippen molar-refractivity contribution in [2.24, 2.45) is 0 Å². The van der Waals surface area contributed by atoms with Crippen molar-refractivity contribution in [1.82, 2.24) is 10.2 Å². The smallest absolute Gasteiger partial charge is 0.264 e. The zero-order valence-corrected chi connectivity index (χ0v) is 10.1. The van der Waals surface area contributed by atoms with Crippen LogP contribution in [0.1, 0.15) is 5.56 Å². The molecule has 1 heterocycles. The Morgan fingerprint density at radius 3 is 2.33 bits per heavy atom. The first-order valence-corrected chi connectivity index (χ1v) is 6.10. The average molecular weight is 258 g/mol. The van der Waals surface area contributed by atoms with E-state index < -0.39 is 11.7 Å². The lowest BCUT2D eigenvalue weighted by atomic mass is 10.1. The summed E-state index contributed by atoms with van der Waals surface area (Å²) in [6.45, 7) is 2.59. The highest BCUT2D eigenvalue weighted by atomic mass is 19.3. The van der Waals surface area contributed by atoms with E-state index in [1.807, 2.05) is 0 Å². The lowest BCUT2D eigenvalue weighted by molar-refractivity contribution is -0.0337. The molecule has 1 aromatic rings. The van der Waals surface area contributed by atoms with Crippen LogP contribution in [0, 0.1) is 5.82 Å². The molecule has 1 saturated heterocycles. The number of piperazine rings is 1. The molecule has 0 unspecified atom stereocenters. The molecule has 0 saturated carbocycles. The third-order valence-corrected chi connectivity index (χ3v) is 3.04. The zero-order chi connectivity index (χ0) is 13.0. The fourth-order valence-electron chi connectivity index (χ4n) is 2.15. The first-order chi connectivity index (χ1) is 8.55. The average Bonchev–Trinajstić information content (AvgIpc) is 2.32. The van der Waals surface area contributed by atoms with Crippen LogP contribution in [-0.4, -0.2) is 43.5 Å². The molecule has 0 spiro atoms. The second-order valence-electron chi connectivity index (χ2n) is 4.69. The quantitative estimate of drug-likeness (QED) is 0.887. The van der Waals surface area contributed by atoms with Crippen LogP contribution in [-0.2, 0) is 6.42 Å². The molecule has 100 valence electrons. The van der Waals surface area contributed by atoms with Gasteiger partial charge < -0.3 is 5.32 Å². The van der Waals surface area contributed by atoms with E-state index in [9.17, 15) is 13.2 Å². The number of alkyl halides is 2. The minimum absolute atomic E-state index is 0.230. The van der Waals surface area contributed by atoms with Crippen molar-refractivity contribution < 1.29 is 13.2 Å². The monoisotopic (exact) mass is 258 g/mol. The van der Waals surface area contributed by atoms with Crippen molar-refractivity contribution in [1.29, 1.82) is 0 Å². The normalized spacial score (nSPS) is 17.9. The van der Waals surface area contributed by atoms with Crippen LogP contribution < -0.4 is 5.32 Å². The number of hydrogen-bond donors (Lipinski definition) is 1. The molecule has 2 nitrogen and oxygen atoms in total. The number of nitrogens with zero attached hydrogens (tertiary/aromatic N) is 1. The Morgan fingerprint density at radius 1 is 1.11 bits per heavy atom. The zero-order valence-electron chi connectivity index (χ0n) is 10.1. The molecule has 2 rings (SSSR count). The first kappa shape index (κ1) is 13.4. The predicted molar refractivity (Wildman–Crippen MR) is 64.4 cm³/mol. The van der Waals surface area contributed by atoms with Gasteiger partial charge in [-0.15, -0.1) is 0 Å². The summed E-state index contributed by atoms with van der Waals surface area (Å²) in [5.41, 5.74) is 0.469. The van der Waals surface area contributed by atoms with E-state index in [0.717, 1.165) is 13.1 Å². The van der Waals surface area contributed by atoms with Crippen molar-refractivity contribution in [2.75, 3.05) is 32.7 Å². The van der Waals surface area contributed by atoms with Gasteiger partial charge in [0.15, 0.2) is 0 Å². The van der Waals surface area contributed by atoms with Crippen LogP contribution in [0.4, 0.5) is 13.2 Å². The molecule has 0 radical (unpaired) electrons. The maximum atomic E-state index is 13.8. The summed E-state index contributed by atoms with van der Waals surface area (Å²) in [6.07, 6.45) is -0.336. The Labute approximate surface area is 105 Å². The van der Waals surface area contributed by atoms with Crippen LogP contribution in [0.3, 0.4) is 0 Å². The van der Waals surface area contributed by atoms with Gasteiger partial charge >= 0.3 is 0 Å². The van der Waals surface area contributed by atoms with Gasteiger partial charge in [-0.1, -0.05) is 12.1 Å². The molecule has 0 aliphatic carbocycles. The minimum atomic E-state index is -2.77. The van der Waals surface area contributed by atoms with E-state index in [0.29, 0.717) is 18.7 Å². The van der Waals surface area contributed by atoms with E-state index in [4.69, 9.17) is 0 Å². The van der Waals surface area contributed by atoms with Gasteiger partial charge in [-0.3, -0.25) is 4.90 Å². The lowest BCUT2D eigenvalue weighted by Crippen LogP contribution is -2.48. The molecule has 0 atom stereocenters. The third kappa shape index (κ3) is 3.99. The largest absolute Gasteiger partial charge is 0.314 e. The van der Waals surface area contributed by atoms with Crippen LogP contribution >= 0.6 is 0 Å². The molecule has 1 aliphatic heterocycles. The number of benzene rings is 1. The molecule has 0 bridgehead atoms. The Balaban J connectivity index is 1.91.